The highest BCUT2D eigenvalue weighted by Gasteiger charge is 2.03. The summed E-state index contributed by atoms with van der Waals surface area (Å²) >= 11 is 0. The molecule has 0 aliphatic carbocycles. The first-order chi connectivity index (χ1) is 10.1. The molecule has 0 fully saturated rings. The van der Waals surface area contributed by atoms with Crippen LogP contribution < -0.4 is 0 Å². The number of aliphatic carboxylic acids is 1. The molecule has 21 heavy (non-hydrogen) atoms. The summed E-state index contributed by atoms with van der Waals surface area (Å²) in [7, 11) is 0. The van der Waals surface area contributed by atoms with Gasteiger partial charge in [-0.25, -0.2) is 0 Å². The predicted molar refractivity (Wildman–Crippen MR) is 78.8 cm³/mol. The van der Waals surface area contributed by atoms with Gasteiger partial charge < -0.3 is 25.2 Å². The molecule has 0 aromatic carbocycles. The van der Waals surface area contributed by atoms with Crippen molar-refractivity contribution in [3.63, 3.8) is 0 Å². The number of carbonyl (C=O) groups excluding carboxylic acids is 1. The van der Waals surface area contributed by atoms with Gasteiger partial charge in [0.1, 0.15) is 0 Å². The number of ether oxygens (including phenoxy) is 1. The number of esters is 1. The smallest absolute Gasteiger partial charge is 0.305 e. The van der Waals surface area contributed by atoms with Crippen LogP contribution in [-0.4, -0.2) is 58.8 Å². The van der Waals surface area contributed by atoms with Gasteiger partial charge in [-0.3, -0.25) is 9.59 Å². The van der Waals surface area contributed by atoms with Gasteiger partial charge >= 0.3 is 11.9 Å². The zero-order chi connectivity index (χ0) is 16.9. The molecule has 0 spiro atoms. The molecule has 0 amide bonds. The Morgan fingerprint density at radius 2 is 1.33 bits per heavy atom. The van der Waals surface area contributed by atoms with Crippen LogP contribution in [0.3, 0.4) is 0 Å². The van der Waals surface area contributed by atoms with Gasteiger partial charge in [0.05, 0.1) is 19.8 Å². The Labute approximate surface area is 125 Å². The number of aliphatic hydroxyl groups excluding tert-OH is 3. The number of hydrogen-bond donors (Lipinski definition) is 4. The first-order valence-electron chi connectivity index (χ1n) is 6.78. The Bertz CT molecular complexity index is 229. The summed E-state index contributed by atoms with van der Waals surface area (Å²) in [5.41, 5.74) is 0. The van der Waals surface area contributed by atoms with E-state index in [1.807, 2.05) is 0 Å². The zero-order valence-corrected chi connectivity index (χ0v) is 12.5. The van der Waals surface area contributed by atoms with E-state index in [1.165, 1.54) is 0 Å². The van der Waals surface area contributed by atoms with Crippen LogP contribution in [0.2, 0.25) is 0 Å². The zero-order valence-electron chi connectivity index (χ0n) is 12.5. The number of hydrogen-bond acceptors (Lipinski definition) is 6. The maximum Gasteiger partial charge on any atom is 0.305 e. The fraction of sp³-hybridized carbons (Fsp3) is 0.714. The van der Waals surface area contributed by atoms with E-state index in [4.69, 9.17) is 25.2 Å². The van der Waals surface area contributed by atoms with E-state index in [0.717, 1.165) is 0 Å². The largest absolute Gasteiger partial charge is 0.481 e. The molecule has 4 N–H and O–H groups in total. The molecule has 0 atom stereocenters. The topological polar surface area (TPSA) is 124 Å². The van der Waals surface area contributed by atoms with Crippen LogP contribution in [0.4, 0.5) is 0 Å². The lowest BCUT2D eigenvalue weighted by Crippen LogP contribution is -2.06. The molecule has 0 bridgehead atoms. The van der Waals surface area contributed by atoms with Crippen molar-refractivity contribution in [1.29, 1.82) is 0 Å². The first kappa shape index (κ1) is 24.6. The SMILES string of the molecule is C=C.O=C(O)CCCCC(=O)OCCCCO.OCCO. The van der Waals surface area contributed by atoms with Crippen LogP contribution in [0.1, 0.15) is 38.5 Å². The molecule has 0 aliphatic rings. The maximum atomic E-state index is 11.0. The van der Waals surface area contributed by atoms with E-state index < -0.39 is 5.97 Å². The average Bonchev–Trinajstić information content (AvgIpc) is 2.50. The molecular formula is C14H28O7. The number of carbonyl (C=O) groups is 2. The molecule has 7 nitrogen and oxygen atoms in total. The van der Waals surface area contributed by atoms with Crippen molar-refractivity contribution < 1.29 is 34.8 Å². The molecule has 0 aliphatic heterocycles. The van der Waals surface area contributed by atoms with Gasteiger partial charge in [0.25, 0.3) is 0 Å². The fourth-order valence-electron chi connectivity index (χ4n) is 1.02. The van der Waals surface area contributed by atoms with Crippen LogP contribution in [0.25, 0.3) is 0 Å². The second-order valence-corrected chi connectivity index (χ2v) is 3.70. The number of carboxylic acid groups (broad SMARTS) is 1. The summed E-state index contributed by atoms with van der Waals surface area (Å²) in [5.74, 6) is -1.13. The van der Waals surface area contributed by atoms with Crippen molar-refractivity contribution >= 4 is 11.9 Å². The van der Waals surface area contributed by atoms with Gasteiger partial charge in [-0.05, 0) is 25.7 Å². The Balaban J connectivity index is -0.000000461. The minimum Gasteiger partial charge on any atom is -0.481 e. The van der Waals surface area contributed by atoms with Crippen LogP contribution in [0.5, 0.6) is 0 Å². The first-order valence-corrected chi connectivity index (χ1v) is 6.78. The van der Waals surface area contributed by atoms with Gasteiger partial charge in [0.2, 0.25) is 0 Å². The Morgan fingerprint density at radius 1 is 0.810 bits per heavy atom. The fourth-order valence-corrected chi connectivity index (χ4v) is 1.02. The van der Waals surface area contributed by atoms with Crippen LogP contribution in [-0.2, 0) is 14.3 Å². The highest BCUT2D eigenvalue weighted by Crippen LogP contribution is 2.02. The Hall–Kier alpha value is -1.44. The molecule has 0 saturated carbocycles. The number of carboxylic acids is 1. The van der Waals surface area contributed by atoms with E-state index in [0.29, 0.717) is 32.3 Å². The summed E-state index contributed by atoms with van der Waals surface area (Å²) in [5, 5.41) is 32.1. The van der Waals surface area contributed by atoms with Gasteiger partial charge in [-0.15, -0.1) is 13.2 Å². The maximum absolute atomic E-state index is 11.0. The standard InChI is InChI=1S/C10H18O5.C2H6O2.C2H4/c11-7-3-4-8-15-10(14)6-2-1-5-9(12)13;3-1-2-4;1-2/h11H,1-8H2,(H,12,13);3-4H,1-2H2;1-2H2. The van der Waals surface area contributed by atoms with Gasteiger partial charge in [-0.1, -0.05) is 0 Å². The molecular weight excluding hydrogens is 280 g/mol. The second kappa shape index (κ2) is 23.6. The second-order valence-electron chi connectivity index (χ2n) is 3.70. The summed E-state index contributed by atoms with van der Waals surface area (Å²) in [6.45, 7) is 6.19. The highest BCUT2D eigenvalue weighted by molar-refractivity contribution is 5.69. The van der Waals surface area contributed by atoms with Crippen molar-refractivity contribution in [2.24, 2.45) is 0 Å². The van der Waals surface area contributed by atoms with E-state index >= 15 is 0 Å². The van der Waals surface area contributed by atoms with E-state index in [2.05, 4.69) is 13.2 Å². The summed E-state index contributed by atoms with van der Waals surface area (Å²) in [6.07, 6.45) is 2.71. The number of aliphatic hydroxyl groups is 3. The lowest BCUT2D eigenvalue weighted by atomic mass is 10.2. The van der Waals surface area contributed by atoms with Crippen LogP contribution in [0.15, 0.2) is 13.2 Å². The third-order valence-corrected chi connectivity index (χ3v) is 1.94. The lowest BCUT2D eigenvalue weighted by molar-refractivity contribution is -0.144. The monoisotopic (exact) mass is 308 g/mol. The number of rotatable bonds is 10. The quantitative estimate of drug-likeness (QED) is 0.266. The van der Waals surface area contributed by atoms with Crippen molar-refractivity contribution in [3.05, 3.63) is 13.2 Å². The van der Waals surface area contributed by atoms with Crippen LogP contribution >= 0.6 is 0 Å². The molecule has 0 aromatic heterocycles. The van der Waals surface area contributed by atoms with Crippen molar-refractivity contribution in [3.8, 4) is 0 Å². The van der Waals surface area contributed by atoms with Gasteiger partial charge in [-0.2, -0.15) is 0 Å². The normalized spacial score (nSPS) is 8.71. The molecule has 126 valence electrons. The van der Waals surface area contributed by atoms with Crippen molar-refractivity contribution in [2.45, 2.75) is 38.5 Å². The third kappa shape index (κ3) is 32.3. The molecule has 7 heteroatoms. The molecule has 0 heterocycles. The van der Waals surface area contributed by atoms with Crippen molar-refractivity contribution in [2.75, 3.05) is 26.4 Å². The molecule has 0 saturated heterocycles. The Morgan fingerprint density at radius 3 is 1.76 bits per heavy atom. The predicted octanol–water partition coefficient (Wildman–Crippen LogP) is 0.720. The van der Waals surface area contributed by atoms with Crippen molar-refractivity contribution in [1.82, 2.24) is 0 Å². The lowest BCUT2D eigenvalue weighted by Gasteiger charge is -2.03. The van der Waals surface area contributed by atoms with E-state index in [-0.39, 0.29) is 38.6 Å². The van der Waals surface area contributed by atoms with E-state index in [1.54, 1.807) is 0 Å². The average molecular weight is 308 g/mol. The summed E-state index contributed by atoms with van der Waals surface area (Å²) < 4.78 is 4.85. The Kier molecular flexibility index (Phi) is 27.7. The highest BCUT2D eigenvalue weighted by atomic mass is 16.5. The van der Waals surface area contributed by atoms with Gasteiger partial charge in [0.15, 0.2) is 0 Å². The summed E-state index contributed by atoms with van der Waals surface area (Å²) in [4.78, 5) is 21.2. The third-order valence-electron chi connectivity index (χ3n) is 1.94. The van der Waals surface area contributed by atoms with E-state index in [9.17, 15) is 9.59 Å². The minimum atomic E-state index is -0.841. The van der Waals surface area contributed by atoms with Gasteiger partial charge in [0, 0.05) is 19.4 Å². The molecule has 0 radical (unpaired) electrons. The molecule has 0 unspecified atom stereocenters. The minimum absolute atomic E-state index is 0.0950. The summed E-state index contributed by atoms with van der Waals surface area (Å²) in [6, 6.07) is 0. The van der Waals surface area contributed by atoms with Crippen LogP contribution in [0, 0.1) is 0 Å². The number of unbranched alkanes of at least 4 members (excludes halogenated alkanes) is 2. The molecule has 0 rings (SSSR count). The molecule has 0 aromatic rings.